The number of nitrogens with zero attached hydrogens (tertiary/aromatic N) is 1. The highest BCUT2D eigenvalue weighted by atomic mass is 127. The molecule has 1 heterocycles. The molecule has 0 amide bonds. The minimum Gasteiger partial charge on any atom is -0.496 e. The van der Waals surface area contributed by atoms with E-state index in [2.05, 4.69) is 70.6 Å². The molecule has 100 valence electrons. The Bertz CT molecular complexity index is 783. The van der Waals surface area contributed by atoms with Crippen LogP contribution >= 0.6 is 22.6 Å². The Morgan fingerprint density at radius 2 is 1.70 bits per heavy atom. The summed E-state index contributed by atoms with van der Waals surface area (Å²) in [6.45, 7) is 0. The van der Waals surface area contributed by atoms with Crippen LogP contribution in [0.25, 0.3) is 22.0 Å². The molecular weight excluding hydrogens is 361 g/mol. The van der Waals surface area contributed by atoms with Crippen molar-refractivity contribution in [2.45, 2.75) is 0 Å². The van der Waals surface area contributed by atoms with E-state index in [1.165, 1.54) is 20.2 Å². The van der Waals surface area contributed by atoms with Crippen molar-refractivity contribution in [2.24, 2.45) is 7.05 Å². The molecule has 0 unspecified atom stereocenters. The minimum atomic E-state index is 0.898. The zero-order valence-electron chi connectivity index (χ0n) is 11.4. The molecule has 2 aromatic carbocycles. The van der Waals surface area contributed by atoms with Crippen LogP contribution in [-0.2, 0) is 7.05 Å². The number of hydrogen-bond donors (Lipinski definition) is 0. The van der Waals surface area contributed by atoms with Gasteiger partial charge in [-0.25, -0.2) is 0 Å². The van der Waals surface area contributed by atoms with Gasteiger partial charge in [0, 0.05) is 28.7 Å². The van der Waals surface area contributed by atoms with Crippen molar-refractivity contribution in [3.05, 3.63) is 58.3 Å². The summed E-state index contributed by atoms with van der Waals surface area (Å²) in [5.41, 5.74) is 2.30. The van der Waals surface area contributed by atoms with Gasteiger partial charge in [-0.2, -0.15) is 4.57 Å². The lowest BCUT2D eigenvalue weighted by atomic mass is 10.0. The van der Waals surface area contributed by atoms with Crippen molar-refractivity contribution < 1.29 is 9.30 Å². The second kappa shape index (κ2) is 5.40. The van der Waals surface area contributed by atoms with Crippen LogP contribution in [-0.4, -0.2) is 7.11 Å². The van der Waals surface area contributed by atoms with Gasteiger partial charge in [0.15, 0.2) is 0 Å². The van der Waals surface area contributed by atoms with Crippen molar-refractivity contribution in [2.75, 3.05) is 7.11 Å². The number of aromatic nitrogens is 1. The fourth-order valence-corrected chi connectivity index (χ4v) is 3.09. The Labute approximate surface area is 132 Å². The van der Waals surface area contributed by atoms with Gasteiger partial charge < -0.3 is 4.74 Å². The van der Waals surface area contributed by atoms with Crippen LogP contribution in [0.4, 0.5) is 0 Å². The van der Waals surface area contributed by atoms with Crippen LogP contribution in [0.15, 0.2) is 54.6 Å². The lowest BCUT2D eigenvalue weighted by Gasteiger charge is -2.10. The van der Waals surface area contributed by atoms with E-state index in [1.807, 2.05) is 18.2 Å². The first kappa shape index (κ1) is 13.4. The Balaban J connectivity index is 2.43. The Morgan fingerprint density at radius 3 is 2.50 bits per heavy atom. The van der Waals surface area contributed by atoms with Crippen molar-refractivity contribution in [1.82, 2.24) is 0 Å². The molecule has 0 fully saturated rings. The van der Waals surface area contributed by atoms with Crippen molar-refractivity contribution in [3.8, 4) is 17.0 Å². The molecule has 20 heavy (non-hydrogen) atoms. The predicted molar refractivity (Wildman–Crippen MR) is 89.8 cm³/mol. The predicted octanol–water partition coefficient (Wildman–Crippen LogP) is 3.94. The summed E-state index contributed by atoms with van der Waals surface area (Å²) in [6.07, 6.45) is 0. The molecule has 1 aromatic heterocycles. The molecular formula is C17H15INO+. The molecule has 3 rings (SSSR count). The van der Waals surface area contributed by atoms with Gasteiger partial charge in [-0.05, 0) is 23.6 Å². The molecule has 0 aliphatic heterocycles. The number of halogens is 1. The lowest BCUT2D eigenvalue weighted by Crippen LogP contribution is -2.35. The highest BCUT2D eigenvalue weighted by molar-refractivity contribution is 14.1. The molecule has 0 spiro atoms. The third-order valence-corrected chi connectivity index (χ3v) is 4.54. The van der Waals surface area contributed by atoms with Gasteiger partial charge in [-0.1, -0.05) is 30.3 Å². The SMILES string of the molecule is COc1ccccc1-c1c2ccccc2cc(I)[n+]1C. The molecule has 0 atom stereocenters. The number of fused-ring (bicyclic) bond motifs is 1. The largest absolute Gasteiger partial charge is 0.496 e. The molecule has 0 saturated carbocycles. The average Bonchev–Trinajstić information content (AvgIpc) is 2.49. The summed E-state index contributed by atoms with van der Waals surface area (Å²) in [4.78, 5) is 0. The van der Waals surface area contributed by atoms with E-state index in [0.29, 0.717) is 0 Å². The molecule has 0 aliphatic carbocycles. The smallest absolute Gasteiger partial charge is 0.242 e. The maximum Gasteiger partial charge on any atom is 0.242 e. The molecule has 3 aromatic rings. The fourth-order valence-electron chi connectivity index (χ4n) is 2.52. The van der Waals surface area contributed by atoms with Gasteiger partial charge in [-0.15, -0.1) is 0 Å². The van der Waals surface area contributed by atoms with E-state index in [1.54, 1.807) is 7.11 Å². The first-order valence-corrected chi connectivity index (χ1v) is 7.51. The van der Waals surface area contributed by atoms with E-state index in [9.17, 15) is 0 Å². The van der Waals surface area contributed by atoms with Gasteiger partial charge in [0.1, 0.15) is 12.8 Å². The number of pyridine rings is 1. The number of rotatable bonds is 2. The summed E-state index contributed by atoms with van der Waals surface area (Å²) < 4.78 is 8.93. The summed E-state index contributed by atoms with van der Waals surface area (Å²) >= 11 is 2.37. The van der Waals surface area contributed by atoms with E-state index in [-0.39, 0.29) is 0 Å². The lowest BCUT2D eigenvalue weighted by molar-refractivity contribution is -0.672. The number of para-hydroxylation sites is 1. The van der Waals surface area contributed by atoms with Crippen LogP contribution in [0.2, 0.25) is 0 Å². The third kappa shape index (κ3) is 2.16. The standard InChI is InChI=1S/C17H15INO/c1-19-16(18)11-12-7-3-4-8-13(12)17(19)14-9-5-6-10-15(14)20-2/h3-11H,1-2H3/q+1. The number of hydrogen-bond acceptors (Lipinski definition) is 1. The van der Waals surface area contributed by atoms with Crippen molar-refractivity contribution in [3.63, 3.8) is 0 Å². The first-order valence-electron chi connectivity index (χ1n) is 6.43. The molecule has 0 saturated heterocycles. The van der Waals surface area contributed by atoms with Crippen LogP contribution in [0.1, 0.15) is 0 Å². The van der Waals surface area contributed by atoms with Crippen molar-refractivity contribution in [1.29, 1.82) is 0 Å². The highest BCUT2D eigenvalue weighted by Gasteiger charge is 2.21. The Kier molecular flexibility index (Phi) is 3.61. The maximum atomic E-state index is 5.53. The van der Waals surface area contributed by atoms with E-state index in [4.69, 9.17) is 4.74 Å². The minimum absolute atomic E-state index is 0.898. The normalized spacial score (nSPS) is 10.8. The van der Waals surface area contributed by atoms with Crippen LogP contribution < -0.4 is 9.30 Å². The fraction of sp³-hybridized carbons (Fsp3) is 0.118. The molecule has 3 heteroatoms. The summed E-state index contributed by atoms with van der Waals surface area (Å²) in [5, 5.41) is 2.48. The molecule has 0 bridgehead atoms. The Morgan fingerprint density at radius 1 is 1.00 bits per heavy atom. The monoisotopic (exact) mass is 376 g/mol. The zero-order chi connectivity index (χ0) is 14.1. The van der Waals surface area contributed by atoms with E-state index in [0.717, 1.165) is 11.3 Å². The van der Waals surface area contributed by atoms with Gasteiger partial charge in [-0.3, -0.25) is 0 Å². The molecule has 0 N–H and O–H groups in total. The van der Waals surface area contributed by atoms with Crippen molar-refractivity contribution >= 4 is 33.4 Å². The molecule has 0 radical (unpaired) electrons. The average molecular weight is 376 g/mol. The van der Waals surface area contributed by atoms with Gasteiger partial charge in [0.05, 0.1) is 18.1 Å². The summed E-state index contributed by atoms with van der Waals surface area (Å²) in [7, 11) is 3.81. The third-order valence-electron chi connectivity index (χ3n) is 3.51. The van der Waals surface area contributed by atoms with Crippen LogP contribution in [0, 0.1) is 3.70 Å². The Hall–Kier alpha value is -1.62. The summed E-state index contributed by atoms with van der Waals surface area (Å²) in [6, 6.07) is 18.8. The second-order valence-electron chi connectivity index (χ2n) is 4.66. The maximum absolute atomic E-state index is 5.53. The highest BCUT2D eigenvalue weighted by Crippen LogP contribution is 2.32. The molecule has 2 nitrogen and oxygen atoms in total. The number of ether oxygens (including phenoxy) is 1. The quantitative estimate of drug-likeness (QED) is 0.375. The number of benzene rings is 2. The second-order valence-corrected chi connectivity index (χ2v) is 5.77. The van der Waals surface area contributed by atoms with E-state index >= 15 is 0 Å². The zero-order valence-corrected chi connectivity index (χ0v) is 13.6. The molecule has 0 aliphatic rings. The van der Waals surface area contributed by atoms with Crippen LogP contribution in [0.3, 0.4) is 0 Å². The topological polar surface area (TPSA) is 13.1 Å². The summed E-state index contributed by atoms with van der Waals surface area (Å²) in [5.74, 6) is 0.898. The van der Waals surface area contributed by atoms with Gasteiger partial charge >= 0.3 is 0 Å². The number of methoxy groups -OCH3 is 1. The van der Waals surface area contributed by atoms with Crippen LogP contribution in [0.5, 0.6) is 5.75 Å². The first-order chi connectivity index (χ1) is 9.72. The van der Waals surface area contributed by atoms with Gasteiger partial charge in [0.2, 0.25) is 9.39 Å². The van der Waals surface area contributed by atoms with Gasteiger partial charge in [0.25, 0.3) is 0 Å². The van der Waals surface area contributed by atoms with E-state index < -0.39 is 0 Å².